The molecule has 1 aliphatic heterocycles. The van der Waals surface area contributed by atoms with Gasteiger partial charge in [-0.05, 0) is 19.9 Å². The van der Waals surface area contributed by atoms with Crippen LogP contribution in [-0.2, 0) is 9.53 Å². The summed E-state index contributed by atoms with van der Waals surface area (Å²) in [5.41, 5.74) is 0. The summed E-state index contributed by atoms with van der Waals surface area (Å²) in [6, 6.07) is 0. The smallest absolute Gasteiger partial charge is 0.315 e. The van der Waals surface area contributed by atoms with Gasteiger partial charge in [-0.15, -0.1) is 12.4 Å². The molecule has 0 bridgehead atoms. The van der Waals surface area contributed by atoms with Gasteiger partial charge in [0, 0.05) is 0 Å². The summed E-state index contributed by atoms with van der Waals surface area (Å²) in [7, 11) is 0. The molecule has 0 aromatic carbocycles. The van der Waals surface area contributed by atoms with Gasteiger partial charge in [-0.25, -0.2) is 8.78 Å². The number of hydrogen-bond donors (Lipinski definition) is 1. The van der Waals surface area contributed by atoms with Crippen molar-refractivity contribution < 1.29 is 18.3 Å². The molecule has 1 rings (SSSR count). The van der Waals surface area contributed by atoms with Crippen LogP contribution in [0.25, 0.3) is 0 Å². The number of halogens is 3. The molecule has 14 heavy (non-hydrogen) atoms. The van der Waals surface area contributed by atoms with Crippen molar-refractivity contribution in [2.45, 2.75) is 19.3 Å². The number of alkyl halides is 2. The predicted octanol–water partition coefficient (Wildman–Crippen LogP) is 1.22. The number of esters is 1. The van der Waals surface area contributed by atoms with E-state index in [1.807, 2.05) is 0 Å². The molecule has 1 aliphatic rings. The van der Waals surface area contributed by atoms with Crippen molar-refractivity contribution in [3.8, 4) is 0 Å². The Morgan fingerprint density at radius 2 is 2.29 bits per heavy atom. The van der Waals surface area contributed by atoms with Crippen LogP contribution in [0.3, 0.4) is 0 Å². The molecule has 1 unspecified atom stereocenters. The number of carbonyl (C=O) groups is 1. The largest absolute Gasteiger partial charge is 0.466 e. The van der Waals surface area contributed by atoms with E-state index in [2.05, 4.69) is 10.1 Å². The molecular weight excluding hydrogens is 216 g/mol. The third kappa shape index (κ3) is 3.06. The predicted molar refractivity (Wildman–Crippen MR) is 49.8 cm³/mol. The molecule has 3 nitrogen and oxygen atoms in total. The maximum Gasteiger partial charge on any atom is 0.315 e. The van der Waals surface area contributed by atoms with Gasteiger partial charge in [0.25, 0.3) is 5.92 Å². The standard InChI is InChI=1S/C8H13F2NO2.ClH/c1-2-13-7(12)6-3-4-11-5-8(6,9)10;/h6,11H,2-5H2,1H3;1H. The first-order chi connectivity index (χ1) is 6.08. The van der Waals surface area contributed by atoms with E-state index < -0.39 is 24.4 Å². The third-order valence-electron chi connectivity index (χ3n) is 2.05. The van der Waals surface area contributed by atoms with Gasteiger partial charge in [-0.1, -0.05) is 0 Å². The highest BCUT2D eigenvalue weighted by molar-refractivity contribution is 5.85. The van der Waals surface area contributed by atoms with E-state index in [0.717, 1.165) is 0 Å². The number of nitrogens with one attached hydrogen (secondary N) is 1. The molecule has 1 heterocycles. The van der Waals surface area contributed by atoms with Gasteiger partial charge in [-0.3, -0.25) is 4.79 Å². The Hall–Kier alpha value is -0.420. The number of carbonyl (C=O) groups excluding carboxylic acids is 1. The summed E-state index contributed by atoms with van der Waals surface area (Å²) in [5, 5.41) is 2.54. The van der Waals surface area contributed by atoms with Crippen molar-refractivity contribution in [2.24, 2.45) is 5.92 Å². The fourth-order valence-corrected chi connectivity index (χ4v) is 1.37. The topological polar surface area (TPSA) is 38.3 Å². The van der Waals surface area contributed by atoms with E-state index in [9.17, 15) is 13.6 Å². The fraction of sp³-hybridized carbons (Fsp3) is 0.875. The number of hydrogen-bond acceptors (Lipinski definition) is 3. The molecule has 0 aromatic heterocycles. The molecule has 6 heteroatoms. The first-order valence-corrected chi connectivity index (χ1v) is 4.33. The molecule has 1 atom stereocenters. The van der Waals surface area contributed by atoms with Crippen LogP contribution in [0.4, 0.5) is 8.78 Å². The van der Waals surface area contributed by atoms with Crippen molar-refractivity contribution in [1.29, 1.82) is 0 Å². The summed E-state index contributed by atoms with van der Waals surface area (Å²) < 4.78 is 30.7. The van der Waals surface area contributed by atoms with Crippen molar-refractivity contribution in [3.63, 3.8) is 0 Å². The van der Waals surface area contributed by atoms with Crippen LogP contribution >= 0.6 is 12.4 Å². The molecule has 0 aromatic rings. The van der Waals surface area contributed by atoms with Gasteiger partial charge in [0.15, 0.2) is 0 Å². The average molecular weight is 230 g/mol. The van der Waals surface area contributed by atoms with E-state index in [1.54, 1.807) is 6.92 Å². The molecule has 0 amide bonds. The molecule has 0 spiro atoms. The second kappa shape index (κ2) is 5.46. The second-order valence-electron chi connectivity index (χ2n) is 3.03. The van der Waals surface area contributed by atoms with Crippen LogP contribution in [-0.4, -0.2) is 31.6 Å². The minimum absolute atomic E-state index is 0. The average Bonchev–Trinajstić information content (AvgIpc) is 2.03. The van der Waals surface area contributed by atoms with Crippen LogP contribution in [0.15, 0.2) is 0 Å². The van der Waals surface area contributed by atoms with Crippen LogP contribution in [0.1, 0.15) is 13.3 Å². The minimum Gasteiger partial charge on any atom is -0.466 e. The Bertz CT molecular complexity index is 202. The fourth-order valence-electron chi connectivity index (χ4n) is 1.37. The molecule has 0 aliphatic carbocycles. The first-order valence-electron chi connectivity index (χ1n) is 4.33. The summed E-state index contributed by atoms with van der Waals surface area (Å²) in [6.45, 7) is 1.77. The Morgan fingerprint density at radius 1 is 1.64 bits per heavy atom. The van der Waals surface area contributed by atoms with Gasteiger partial charge in [0.05, 0.1) is 13.2 Å². The number of piperidine rings is 1. The highest BCUT2D eigenvalue weighted by atomic mass is 35.5. The van der Waals surface area contributed by atoms with Crippen molar-refractivity contribution in [3.05, 3.63) is 0 Å². The Balaban J connectivity index is 0.00000169. The SMILES string of the molecule is CCOC(=O)C1CCNCC1(F)F.Cl. The van der Waals surface area contributed by atoms with Crippen LogP contribution in [0, 0.1) is 5.92 Å². The van der Waals surface area contributed by atoms with E-state index in [1.165, 1.54) is 0 Å². The van der Waals surface area contributed by atoms with Crippen molar-refractivity contribution in [1.82, 2.24) is 5.32 Å². The lowest BCUT2D eigenvalue weighted by Crippen LogP contribution is -2.49. The van der Waals surface area contributed by atoms with Crippen LogP contribution in [0.5, 0.6) is 0 Å². The van der Waals surface area contributed by atoms with Crippen molar-refractivity contribution in [2.75, 3.05) is 19.7 Å². The quantitative estimate of drug-likeness (QED) is 0.724. The van der Waals surface area contributed by atoms with Crippen molar-refractivity contribution >= 4 is 18.4 Å². The summed E-state index contributed by atoms with van der Waals surface area (Å²) in [5.74, 6) is -5.02. The zero-order chi connectivity index (χ0) is 9.90. The molecule has 84 valence electrons. The minimum atomic E-state index is -2.97. The lowest BCUT2D eigenvalue weighted by atomic mass is 9.94. The molecular formula is C8H14ClF2NO2. The van der Waals surface area contributed by atoms with Gasteiger partial charge in [0.2, 0.25) is 0 Å². The highest BCUT2D eigenvalue weighted by Crippen LogP contribution is 2.30. The summed E-state index contributed by atoms with van der Waals surface area (Å²) >= 11 is 0. The van der Waals surface area contributed by atoms with Crippen LogP contribution in [0.2, 0.25) is 0 Å². The first kappa shape index (κ1) is 13.6. The van der Waals surface area contributed by atoms with Gasteiger partial charge < -0.3 is 10.1 Å². The monoisotopic (exact) mass is 229 g/mol. The molecule has 1 saturated heterocycles. The molecule has 0 saturated carbocycles. The maximum atomic E-state index is 13.1. The van der Waals surface area contributed by atoms with E-state index in [-0.39, 0.29) is 25.4 Å². The molecule has 0 radical (unpaired) electrons. The zero-order valence-electron chi connectivity index (χ0n) is 7.89. The Labute approximate surface area is 87.6 Å². The summed E-state index contributed by atoms with van der Waals surface area (Å²) in [6.07, 6.45) is 0.145. The lowest BCUT2D eigenvalue weighted by Gasteiger charge is -2.29. The number of rotatable bonds is 2. The molecule has 1 N–H and O–H groups in total. The maximum absolute atomic E-state index is 13.1. The van der Waals surface area contributed by atoms with Crippen LogP contribution < -0.4 is 5.32 Å². The van der Waals surface area contributed by atoms with Gasteiger partial charge >= 0.3 is 5.97 Å². The molecule has 1 fully saturated rings. The number of ether oxygens (including phenoxy) is 1. The van der Waals surface area contributed by atoms with E-state index in [4.69, 9.17) is 0 Å². The normalized spacial score (nSPS) is 24.9. The van der Waals surface area contributed by atoms with Gasteiger partial charge in [-0.2, -0.15) is 0 Å². The lowest BCUT2D eigenvalue weighted by molar-refractivity contribution is -0.165. The highest BCUT2D eigenvalue weighted by Gasteiger charge is 2.46. The van der Waals surface area contributed by atoms with E-state index in [0.29, 0.717) is 6.54 Å². The zero-order valence-corrected chi connectivity index (χ0v) is 8.70. The Kier molecular flexibility index (Phi) is 5.29. The Morgan fingerprint density at radius 3 is 2.79 bits per heavy atom. The second-order valence-corrected chi connectivity index (χ2v) is 3.03. The summed E-state index contributed by atoms with van der Waals surface area (Å²) in [4.78, 5) is 11.1. The van der Waals surface area contributed by atoms with Gasteiger partial charge in [0.1, 0.15) is 5.92 Å². The van der Waals surface area contributed by atoms with E-state index >= 15 is 0 Å². The third-order valence-corrected chi connectivity index (χ3v) is 2.05.